The Morgan fingerprint density at radius 2 is 1.47 bits per heavy atom. The van der Waals surface area contributed by atoms with Crippen LogP contribution in [-0.2, 0) is 4.79 Å². The molecular formula is C27H39NO2. The minimum atomic E-state index is -0.671. The maximum Gasteiger partial charge on any atom is 0.303 e. The molecule has 0 saturated carbocycles. The van der Waals surface area contributed by atoms with E-state index in [1.807, 2.05) is 30.5 Å². The maximum atomic E-state index is 10.3. The molecule has 3 heteroatoms. The van der Waals surface area contributed by atoms with Crippen molar-refractivity contribution in [1.29, 1.82) is 0 Å². The molecule has 0 unspecified atom stereocenters. The van der Waals surface area contributed by atoms with Gasteiger partial charge in [-0.3, -0.25) is 9.78 Å². The molecule has 0 amide bonds. The molecule has 0 atom stereocenters. The fourth-order valence-corrected chi connectivity index (χ4v) is 3.10. The summed E-state index contributed by atoms with van der Waals surface area (Å²) in [6.45, 7) is 2.23. The fraction of sp³-hybridized carbons (Fsp3) is 0.481. The number of hydrogen-bond donors (Lipinski definition) is 1. The number of nitrogens with zero attached hydrogens (tertiary/aromatic N) is 1. The van der Waals surface area contributed by atoms with Crippen molar-refractivity contribution in [3.63, 3.8) is 0 Å². The van der Waals surface area contributed by atoms with E-state index in [4.69, 9.17) is 5.11 Å². The first-order chi connectivity index (χ1) is 14.7. The van der Waals surface area contributed by atoms with E-state index in [1.54, 1.807) is 0 Å². The molecule has 2 aromatic rings. The van der Waals surface area contributed by atoms with Gasteiger partial charge in [-0.2, -0.15) is 0 Å². The number of benzene rings is 1. The van der Waals surface area contributed by atoms with E-state index in [-0.39, 0.29) is 0 Å². The Morgan fingerprint density at radius 3 is 2.17 bits per heavy atom. The van der Waals surface area contributed by atoms with Gasteiger partial charge in [0.15, 0.2) is 0 Å². The number of allylic oxidation sites excluding steroid dienone is 4. The molecule has 0 aliphatic heterocycles. The van der Waals surface area contributed by atoms with Crippen molar-refractivity contribution in [2.75, 3.05) is 0 Å². The number of rotatable bonds is 14. The van der Waals surface area contributed by atoms with Crippen LogP contribution in [0.1, 0.15) is 84.0 Å². The van der Waals surface area contributed by atoms with Crippen LogP contribution < -0.4 is 0 Å². The Kier molecular flexibility index (Phi) is 15.9. The van der Waals surface area contributed by atoms with E-state index in [9.17, 15) is 4.79 Å². The summed E-state index contributed by atoms with van der Waals surface area (Å²) in [6, 6.07) is 12.1. The van der Waals surface area contributed by atoms with Crippen LogP contribution in [0.2, 0.25) is 0 Å². The number of fused-ring (bicyclic) bond motifs is 1. The first-order valence-corrected chi connectivity index (χ1v) is 11.6. The lowest BCUT2D eigenvalue weighted by Gasteiger charge is -1.98. The van der Waals surface area contributed by atoms with Crippen LogP contribution in [0.15, 0.2) is 66.9 Å². The monoisotopic (exact) mass is 409 g/mol. The van der Waals surface area contributed by atoms with Crippen LogP contribution in [0.25, 0.3) is 10.9 Å². The molecule has 0 aliphatic carbocycles. The van der Waals surface area contributed by atoms with Crippen LogP contribution in [0, 0.1) is 0 Å². The zero-order chi connectivity index (χ0) is 21.7. The van der Waals surface area contributed by atoms with Crippen molar-refractivity contribution in [2.24, 2.45) is 0 Å². The quantitative estimate of drug-likeness (QED) is 0.253. The molecule has 0 saturated heterocycles. The van der Waals surface area contributed by atoms with Gasteiger partial charge in [-0.15, -0.1) is 0 Å². The van der Waals surface area contributed by atoms with Crippen LogP contribution in [0.5, 0.6) is 0 Å². The number of aliphatic carboxylic acids is 1. The minimum absolute atomic E-state index is 0.324. The lowest BCUT2D eigenvalue weighted by Crippen LogP contribution is -1.93. The predicted molar refractivity (Wildman–Crippen MR) is 129 cm³/mol. The lowest BCUT2D eigenvalue weighted by atomic mass is 10.1. The highest BCUT2D eigenvalue weighted by Gasteiger charge is 1.95. The molecule has 30 heavy (non-hydrogen) atoms. The fourth-order valence-electron chi connectivity index (χ4n) is 3.10. The Morgan fingerprint density at radius 1 is 0.833 bits per heavy atom. The molecule has 2 rings (SSSR count). The van der Waals surface area contributed by atoms with E-state index in [0.29, 0.717) is 6.42 Å². The second kappa shape index (κ2) is 18.6. The summed E-state index contributed by atoms with van der Waals surface area (Å²) in [5, 5.41) is 9.70. The van der Waals surface area contributed by atoms with Gasteiger partial charge in [0.05, 0.1) is 5.52 Å². The number of aromatic nitrogens is 1. The SMILES string of the molecule is CCCCC/C=C\C/C=C\CCCCCCCC(=O)O.c1ccc2ncccc2c1. The summed E-state index contributed by atoms with van der Waals surface area (Å²) in [4.78, 5) is 14.5. The highest BCUT2D eigenvalue weighted by Crippen LogP contribution is 2.09. The molecule has 0 aliphatic rings. The zero-order valence-electron chi connectivity index (χ0n) is 18.6. The number of hydrogen-bond acceptors (Lipinski definition) is 2. The largest absolute Gasteiger partial charge is 0.481 e. The van der Waals surface area contributed by atoms with E-state index >= 15 is 0 Å². The summed E-state index contributed by atoms with van der Waals surface area (Å²) >= 11 is 0. The van der Waals surface area contributed by atoms with Crippen molar-refractivity contribution in [2.45, 2.75) is 84.0 Å². The predicted octanol–water partition coefficient (Wildman–Crippen LogP) is 8.12. The Labute approximate surface area is 182 Å². The third kappa shape index (κ3) is 14.6. The summed E-state index contributed by atoms with van der Waals surface area (Å²) in [7, 11) is 0. The Hall–Kier alpha value is -2.42. The standard InChI is InChI=1S/C18H32O2.C9H7N/c1-2-3-4-5-6-7-8-9-10-11-12-13-14-15-16-17-18(19)20;1-2-6-9-8(4-1)5-3-7-10-9/h6-7,9-10H,2-5,8,11-17H2,1H3,(H,19,20);1-7H/b7-6-,10-9-;. The van der Waals surface area contributed by atoms with Crippen molar-refractivity contribution in [3.8, 4) is 0 Å². The molecule has 1 N–H and O–H groups in total. The summed E-state index contributed by atoms with van der Waals surface area (Å²) in [5.41, 5.74) is 1.06. The van der Waals surface area contributed by atoms with Gasteiger partial charge >= 0.3 is 5.97 Å². The number of carbonyl (C=O) groups is 1. The van der Waals surface area contributed by atoms with Crippen LogP contribution in [0.4, 0.5) is 0 Å². The Balaban J connectivity index is 0.000000367. The molecule has 0 fully saturated rings. The van der Waals surface area contributed by atoms with Crippen molar-refractivity contribution in [3.05, 3.63) is 66.9 Å². The summed E-state index contributed by atoms with van der Waals surface area (Å²) in [5.74, 6) is -0.671. The average Bonchev–Trinajstić information content (AvgIpc) is 2.77. The van der Waals surface area contributed by atoms with Gasteiger partial charge in [-0.25, -0.2) is 0 Å². The number of unbranched alkanes of at least 4 members (excludes halogenated alkanes) is 8. The van der Waals surface area contributed by atoms with E-state index < -0.39 is 5.97 Å². The first kappa shape index (κ1) is 25.6. The van der Waals surface area contributed by atoms with Gasteiger partial charge in [0.25, 0.3) is 0 Å². The first-order valence-electron chi connectivity index (χ1n) is 11.6. The van der Waals surface area contributed by atoms with Crippen molar-refractivity contribution < 1.29 is 9.90 Å². The van der Waals surface area contributed by atoms with E-state index in [0.717, 1.165) is 31.2 Å². The van der Waals surface area contributed by atoms with E-state index in [2.05, 4.69) is 48.3 Å². The molecule has 3 nitrogen and oxygen atoms in total. The lowest BCUT2D eigenvalue weighted by molar-refractivity contribution is -0.137. The molecule has 1 aromatic heterocycles. The van der Waals surface area contributed by atoms with Crippen molar-refractivity contribution >= 4 is 16.9 Å². The molecule has 1 heterocycles. The second-order valence-electron chi connectivity index (χ2n) is 7.57. The van der Waals surface area contributed by atoms with Gasteiger partial charge in [-0.1, -0.05) is 87.6 Å². The summed E-state index contributed by atoms with van der Waals surface area (Å²) in [6.07, 6.45) is 24.1. The second-order valence-corrected chi connectivity index (χ2v) is 7.57. The molecular weight excluding hydrogens is 370 g/mol. The van der Waals surface area contributed by atoms with Crippen LogP contribution in [0.3, 0.4) is 0 Å². The maximum absolute atomic E-state index is 10.3. The zero-order valence-corrected chi connectivity index (χ0v) is 18.6. The normalized spacial score (nSPS) is 11.1. The third-order valence-corrected chi connectivity index (χ3v) is 4.85. The molecule has 0 radical (unpaired) electrons. The molecule has 0 bridgehead atoms. The summed E-state index contributed by atoms with van der Waals surface area (Å²) < 4.78 is 0. The van der Waals surface area contributed by atoms with Crippen LogP contribution in [-0.4, -0.2) is 16.1 Å². The van der Waals surface area contributed by atoms with E-state index in [1.165, 1.54) is 50.3 Å². The third-order valence-electron chi connectivity index (χ3n) is 4.85. The van der Waals surface area contributed by atoms with Crippen molar-refractivity contribution in [1.82, 2.24) is 4.98 Å². The highest BCUT2D eigenvalue weighted by molar-refractivity contribution is 5.77. The highest BCUT2D eigenvalue weighted by atomic mass is 16.4. The van der Waals surface area contributed by atoms with Crippen LogP contribution >= 0.6 is 0 Å². The number of carboxylic acids is 1. The van der Waals surface area contributed by atoms with Gasteiger partial charge in [0.2, 0.25) is 0 Å². The van der Waals surface area contributed by atoms with Gasteiger partial charge < -0.3 is 5.11 Å². The molecule has 164 valence electrons. The smallest absolute Gasteiger partial charge is 0.303 e. The minimum Gasteiger partial charge on any atom is -0.481 e. The average molecular weight is 410 g/mol. The molecule has 0 spiro atoms. The van der Waals surface area contributed by atoms with Gasteiger partial charge in [0.1, 0.15) is 0 Å². The number of para-hydroxylation sites is 1. The Bertz CT molecular complexity index is 671. The molecule has 1 aromatic carbocycles. The topological polar surface area (TPSA) is 50.2 Å². The van der Waals surface area contributed by atoms with Gasteiger partial charge in [0, 0.05) is 18.0 Å². The number of carboxylic acid groups (broad SMARTS) is 1. The number of pyridine rings is 1. The van der Waals surface area contributed by atoms with Gasteiger partial charge in [-0.05, 0) is 50.7 Å².